The van der Waals surface area contributed by atoms with Crippen molar-refractivity contribution in [1.82, 2.24) is 10.3 Å². The van der Waals surface area contributed by atoms with Crippen LogP contribution < -0.4 is 5.32 Å². The lowest BCUT2D eigenvalue weighted by Gasteiger charge is -2.15. The average Bonchev–Trinajstić information content (AvgIpc) is 2.89. The van der Waals surface area contributed by atoms with Crippen molar-refractivity contribution >= 4 is 34.7 Å². The van der Waals surface area contributed by atoms with Gasteiger partial charge in [-0.25, -0.2) is 4.98 Å². The number of aromatic nitrogens is 1. The summed E-state index contributed by atoms with van der Waals surface area (Å²) in [7, 11) is 0. The highest BCUT2D eigenvalue weighted by Crippen LogP contribution is 2.33. The van der Waals surface area contributed by atoms with Crippen molar-refractivity contribution in [1.29, 1.82) is 0 Å². The average molecular weight is 313 g/mol. The minimum Gasteiger partial charge on any atom is -0.310 e. The van der Waals surface area contributed by atoms with E-state index in [4.69, 9.17) is 11.6 Å². The van der Waals surface area contributed by atoms with Crippen LogP contribution in [0.3, 0.4) is 0 Å². The summed E-state index contributed by atoms with van der Waals surface area (Å²) in [6.45, 7) is 5.31. The van der Waals surface area contributed by atoms with E-state index in [1.165, 1.54) is 0 Å². The monoisotopic (exact) mass is 312 g/mol. The lowest BCUT2D eigenvalue weighted by atomic mass is 10.1. The van der Waals surface area contributed by atoms with Gasteiger partial charge in [0.25, 0.3) is 0 Å². The third kappa shape index (κ3) is 4.21. The highest BCUT2D eigenvalue weighted by Gasteiger charge is 2.10. The molecule has 1 unspecified atom stereocenters. The van der Waals surface area contributed by atoms with E-state index in [0.717, 1.165) is 32.8 Å². The van der Waals surface area contributed by atoms with Crippen LogP contribution >= 0.6 is 34.7 Å². The van der Waals surface area contributed by atoms with E-state index >= 15 is 0 Å². The fourth-order valence-electron chi connectivity index (χ4n) is 1.75. The summed E-state index contributed by atoms with van der Waals surface area (Å²) in [5, 5.41) is 6.25. The Hall–Kier alpha value is -0.550. The van der Waals surface area contributed by atoms with Crippen LogP contribution in [0.2, 0.25) is 5.02 Å². The molecule has 1 heterocycles. The molecule has 0 radical (unpaired) electrons. The van der Waals surface area contributed by atoms with Gasteiger partial charge in [0.1, 0.15) is 0 Å². The number of nitrogens with one attached hydrogen (secondary N) is 1. The smallest absolute Gasteiger partial charge is 0.154 e. The molecule has 2 rings (SSSR count). The fourth-order valence-corrected chi connectivity index (χ4v) is 3.80. The van der Waals surface area contributed by atoms with Crippen LogP contribution in [0.25, 0.3) is 0 Å². The van der Waals surface area contributed by atoms with Gasteiger partial charge in [0, 0.05) is 27.5 Å². The molecule has 0 spiro atoms. The Morgan fingerprint density at radius 2 is 2.32 bits per heavy atom. The van der Waals surface area contributed by atoms with Crippen LogP contribution in [-0.2, 0) is 0 Å². The molecule has 0 aliphatic heterocycles. The molecule has 0 bridgehead atoms. The van der Waals surface area contributed by atoms with Crippen LogP contribution in [0.5, 0.6) is 0 Å². The molecule has 2 nitrogen and oxygen atoms in total. The molecular weight excluding hydrogens is 296 g/mol. The predicted octanol–water partition coefficient (Wildman–Crippen LogP) is 5.01. The molecule has 1 aromatic carbocycles. The third-order valence-electron chi connectivity index (χ3n) is 2.75. The van der Waals surface area contributed by atoms with Crippen molar-refractivity contribution in [3.63, 3.8) is 0 Å². The van der Waals surface area contributed by atoms with Gasteiger partial charge in [-0.05, 0) is 37.6 Å². The summed E-state index contributed by atoms with van der Waals surface area (Å²) in [5.41, 5.74) is 1.15. The molecule has 0 saturated carbocycles. The van der Waals surface area contributed by atoms with Crippen molar-refractivity contribution in [3.8, 4) is 0 Å². The molecule has 102 valence electrons. The molecule has 0 saturated heterocycles. The maximum Gasteiger partial charge on any atom is 0.154 e. The van der Waals surface area contributed by atoms with Crippen LogP contribution in [0.1, 0.15) is 31.9 Å². The van der Waals surface area contributed by atoms with E-state index in [1.807, 2.05) is 17.6 Å². The molecule has 2 aromatic rings. The van der Waals surface area contributed by atoms with Gasteiger partial charge in [-0.2, -0.15) is 0 Å². The maximum absolute atomic E-state index is 6.37. The zero-order valence-electron chi connectivity index (χ0n) is 11.0. The number of hydrogen-bond donors (Lipinski definition) is 1. The number of benzene rings is 1. The van der Waals surface area contributed by atoms with Gasteiger partial charge in [0.05, 0.1) is 0 Å². The van der Waals surface area contributed by atoms with Gasteiger partial charge in [-0.3, -0.25) is 0 Å². The number of halogens is 1. The molecule has 5 heteroatoms. The first kappa shape index (κ1) is 14.9. The molecule has 1 atom stereocenters. The summed E-state index contributed by atoms with van der Waals surface area (Å²) in [5.74, 6) is 0. The lowest BCUT2D eigenvalue weighted by molar-refractivity contribution is 0.570. The van der Waals surface area contributed by atoms with Gasteiger partial charge < -0.3 is 5.32 Å². The summed E-state index contributed by atoms with van der Waals surface area (Å²) >= 11 is 9.66. The predicted molar refractivity (Wildman–Crippen MR) is 84.4 cm³/mol. The van der Waals surface area contributed by atoms with Crippen molar-refractivity contribution in [2.24, 2.45) is 0 Å². The Morgan fingerprint density at radius 3 is 2.95 bits per heavy atom. The van der Waals surface area contributed by atoms with E-state index in [2.05, 4.69) is 36.3 Å². The number of nitrogens with zero attached hydrogens (tertiary/aromatic N) is 1. The standard InChI is InChI=1S/C14H17ClN2S2/c1-3-6-16-10(2)12-5-4-11(9-13(12)15)19-14-17-7-8-18-14/h4-5,7-10,16H,3,6H2,1-2H3. The zero-order chi connectivity index (χ0) is 13.7. The second-order valence-corrected chi connectivity index (χ2v) is 6.88. The van der Waals surface area contributed by atoms with Crippen molar-refractivity contribution < 1.29 is 0 Å². The Morgan fingerprint density at radius 1 is 1.47 bits per heavy atom. The fraction of sp³-hybridized carbons (Fsp3) is 0.357. The summed E-state index contributed by atoms with van der Waals surface area (Å²) in [6, 6.07) is 6.52. The maximum atomic E-state index is 6.37. The molecule has 19 heavy (non-hydrogen) atoms. The Kier molecular flexibility index (Phi) is 5.70. The second kappa shape index (κ2) is 7.29. The van der Waals surface area contributed by atoms with Crippen molar-refractivity contribution in [2.45, 2.75) is 35.5 Å². The molecule has 0 aliphatic rings. The summed E-state index contributed by atoms with van der Waals surface area (Å²) in [4.78, 5) is 5.40. The SMILES string of the molecule is CCCNC(C)c1ccc(Sc2nccs2)cc1Cl. The highest BCUT2D eigenvalue weighted by atomic mass is 35.5. The minimum absolute atomic E-state index is 0.284. The second-order valence-electron chi connectivity index (χ2n) is 4.26. The van der Waals surface area contributed by atoms with Gasteiger partial charge >= 0.3 is 0 Å². The van der Waals surface area contributed by atoms with Crippen molar-refractivity contribution in [3.05, 3.63) is 40.4 Å². The van der Waals surface area contributed by atoms with E-state index in [1.54, 1.807) is 23.1 Å². The largest absolute Gasteiger partial charge is 0.310 e. The zero-order valence-corrected chi connectivity index (χ0v) is 13.4. The van der Waals surface area contributed by atoms with Crippen LogP contribution in [0.4, 0.5) is 0 Å². The molecule has 0 fully saturated rings. The summed E-state index contributed by atoms with van der Waals surface area (Å²) in [6.07, 6.45) is 2.94. The van der Waals surface area contributed by atoms with Gasteiger partial charge in [-0.1, -0.05) is 36.4 Å². The topological polar surface area (TPSA) is 24.9 Å². The van der Waals surface area contributed by atoms with Crippen LogP contribution in [-0.4, -0.2) is 11.5 Å². The molecular formula is C14H17ClN2S2. The third-order valence-corrected chi connectivity index (χ3v) is 4.95. The van der Waals surface area contributed by atoms with Gasteiger partial charge in [0.2, 0.25) is 0 Å². The summed E-state index contributed by atoms with van der Waals surface area (Å²) < 4.78 is 1.04. The lowest BCUT2D eigenvalue weighted by Crippen LogP contribution is -2.19. The van der Waals surface area contributed by atoms with E-state index in [9.17, 15) is 0 Å². The van der Waals surface area contributed by atoms with Gasteiger partial charge in [0.15, 0.2) is 4.34 Å². The molecule has 0 aliphatic carbocycles. The highest BCUT2D eigenvalue weighted by molar-refractivity contribution is 8.01. The van der Waals surface area contributed by atoms with E-state index < -0.39 is 0 Å². The first-order valence-electron chi connectivity index (χ1n) is 6.31. The number of thiazole rings is 1. The quantitative estimate of drug-likeness (QED) is 0.811. The molecule has 0 amide bonds. The Labute approximate surface area is 127 Å². The number of rotatable bonds is 6. The van der Waals surface area contributed by atoms with Crippen molar-refractivity contribution in [2.75, 3.05) is 6.54 Å². The molecule has 1 N–H and O–H groups in total. The number of hydrogen-bond acceptors (Lipinski definition) is 4. The van der Waals surface area contributed by atoms with Gasteiger partial charge in [-0.15, -0.1) is 11.3 Å². The minimum atomic E-state index is 0.284. The van der Waals surface area contributed by atoms with E-state index in [-0.39, 0.29) is 6.04 Å². The Balaban J connectivity index is 2.08. The Bertz CT molecular complexity index is 514. The first-order chi connectivity index (χ1) is 9.20. The van der Waals surface area contributed by atoms with Crippen LogP contribution in [0, 0.1) is 0 Å². The normalized spacial score (nSPS) is 12.6. The molecule has 1 aromatic heterocycles. The first-order valence-corrected chi connectivity index (χ1v) is 8.38. The van der Waals surface area contributed by atoms with E-state index in [0.29, 0.717) is 0 Å². The van der Waals surface area contributed by atoms with Crippen LogP contribution in [0.15, 0.2) is 39.0 Å².